The summed E-state index contributed by atoms with van der Waals surface area (Å²) in [5, 5.41) is 2.78. The molecule has 0 saturated heterocycles. The van der Waals surface area contributed by atoms with E-state index in [4.69, 9.17) is 5.73 Å². The van der Waals surface area contributed by atoms with Crippen molar-refractivity contribution in [3.8, 4) is 0 Å². The van der Waals surface area contributed by atoms with Gasteiger partial charge in [-0.05, 0) is 17.5 Å². The molecule has 1 heterocycles. The number of benzene rings is 1. The van der Waals surface area contributed by atoms with Gasteiger partial charge in [-0.25, -0.2) is 0 Å². The van der Waals surface area contributed by atoms with E-state index in [0.29, 0.717) is 19.5 Å². The van der Waals surface area contributed by atoms with Gasteiger partial charge in [0.2, 0.25) is 11.8 Å². The summed E-state index contributed by atoms with van der Waals surface area (Å²) in [4.78, 5) is 25.4. The van der Waals surface area contributed by atoms with Gasteiger partial charge in [0, 0.05) is 18.8 Å². The molecule has 5 heteroatoms. The Kier molecular flexibility index (Phi) is 4.39. The van der Waals surface area contributed by atoms with Crippen LogP contribution in [0.2, 0.25) is 0 Å². The second-order valence-electron chi connectivity index (χ2n) is 5.41. The van der Waals surface area contributed by atoms with Crippen LogP contribution in [0, 0.1) is 5.92 Å². The number of hydrogen-bond donors (Lipinski definition) is 2. The lowest BCUT2D eigenvalue weighted by Crippen LogP contribution is -2.46. The smallest absolute Gasteiger partial charge is 0.237 e. The molecule has 1 aromatic rings. The summed E-state index contributed by atoms with van der Waals surface area (Å²) in [7, 11) is 0. The van der Waals surface area contributed by atoms with E-state index >= 15 is 0 Å². The first-order chi connectivity index (χ1) is 9.50. The first kappa shape index (κ1) is 14.5. The molecule has 1 aromatic carbocycles. The molecule has 2 amide bonds. The van der Waals surface area contributed by atoms with E-state index in [9.17, 15) is 9.59 Å². The lowest BCUT2D eigenvalue weighted by Gasteiger charge is -2.19. The summed E-state index contributed by atoms with van der Waals surface area (Å²) in [6.45, 7) is 4.71. The van der Waals surface area contributed by atoms with Crippen LogP contribution >= 0.6 is 0 Å². The number of nitrogens with one attached hydrogen (secondary N) is 1. The highest BCUT2D eigenvalue weighted by Crippen LogP contribution is 2.27. The largest absolute Gasteiger partial charge is 0.353 e. The average Bonchev–Trinajstić information content (AvgIpc) is 2.74. The Morgan fingerprint density at radius 3 is 2.80 bits per heavy atom. The van der Waals surface area contributed by atoms with E-state index in [1.165, 1.54) is 0 Å². The number of anilines is 1. The molecule has 5 nitrogen and oxygen atoms in total. The molecule has 1 aliphatic heterocycles. The zero-order valence-corrected chi connectivity index (χ0v) is 11.9. The van der Waals surface area contributed by atoms with Crippen molar-refractivity contribution in [1.82, 2.24) is 5.32 Å². The van der Waals surface area contributed by atoms with Crippen molar-refractivity contribution in [2.24, 2.45) is 11.7 Å². The van der Waals surface area contributed by atoms with Crippen LogP contribution in [0.25, 0.3) is 0 Å². The van der Waals surface area contributed by atoms with Crippen LogP contribution < -0.4 is 16.0 Å². The molecule has 0 bridgehead atoms. The normalized spacial score (nSPS) is 15.4. The highest BCUT2D eigenvalue weighted by Gasteiger charge is 2.26. The molecular weight excluding hydrogens is 254 g/mol. The average molecular weight is 275 g/mol. The molecule has 0 radical (unpaired) electrons. The summed E-state index contributed by atoms with van der Waals surface area (Å²) in [5.41, 5.74) is 7.75. The topological polar surface area (TPSA) is 75.4 Å². The minimum absolute atomic E-state index is 0.0774. The van der Waals surface area contributed by atoms with Gasteiger partial charge in [0.05, 0.1) is 12.5 Å². The predicted molar refractivity (Wildman–Crippen MR) is 78.3 cm³/mol. The van der Waals surface area contributed by atoms with E-state index in [1.54, 1.807) is 4.90 Å². The van der Waals surface area contributed by atoms with Crippen molar-refractivity contribution in [3.63, 3.8) is 0 Å². The van der Waals surface area contributed by atoms with E-state index < -0.39 is 6.04 Å². The highest BCUT2D eigenvalue weighted by molar-refractivity contribution is 6.01. The number of carbonyl (C=O) groups is 2. The van der Waals surface area contributed by atoms with Crippen LogP contribution in [-0.4, -0.2) is 30.9 Å². The van der Waals surface area contributed by atoms with E-state index in [0.717, 1.165) is 11.3 Å². The number of carbonyl (C=O) groups excluding carboxylic acids is 2. The summed E-state index contributed by atoms with van der Waals surface area (Å²) in [6.07, 6.45) is 0.440. The quantitative estimate of drug-likeness (QED) is 0.829. The molecule has 3 N–H and O–H groups in total. The van der Waals surface area contributed by atoms with Crippen molar-refractivity contribution in [2.75, 3.05) is 18.0 Å². The van der Waals surface area contributed by atoms with Crippen LogP contribution in [0.15, 0.2) is 24.3 Å². The van der Waals surface area contributed by atoms with Gasteiger partial charge in [-0.2, -0.15) is 0 Å². The number of para-hydroxylation sites is 1. The lowest BCUT2D eigenvalue weighted by molar-refractivity contribution is -0.123. The molecule has 0 spiro atoms. The second-order valence-corrected chi connectivity index (χ2v) is 5.41. The molecular formula is C15H21N3O2. The van der Waals surface area contributed by atoms with Crippen LogP contribution in [0.4, 0.5) is 5.69 Å². The van der Waals surface area contributed by atoms with Crippen molar-refractivity contribution in [3.05, 3.63) is 29.8 Å². The van der Waals surface area contributed by atoms with Crippen LogP contribution in [-0.2, 0) is 16.0 Å². The molecule has 0 aromatic heterocycles. The maximum absolute atomic E-state index is 11.9. The van der Waals surface area contributed by atoms with Gasteiger partial charge in [-0.15, -0.1) is 0 Å². The Bertz CT molecular complexity index is 514. The second kappa shape index (κ2) is 6.05. The van der Waals surface area contributed by atoms with Gasteiger partial charge < -0.3 is 16.0 Å². The van der Waals surface area contributed by atoms with Gasteiger partial charge in [0.1, 0.15) is 0 Å². The Labute approximate surface area is 119 Å². The fourth-order valence-corrected chi connectivity index (χ4v) is 2.27. The van der Waals surface area contributed by atoms with Gasteiger partial charge in [0.25, 0.3) is 0 Å². The van der Waals surface area contributed by atoms with Crippen molar-refractivity contribution in [2.45, 2.75) is 26.3 Å². The highest BCUT2D eigenvalue weighted by atomic mass is 16.2. The summed E-state index contributed by atoms with van der Waals surface area (Å²) in [5.74, 6) is 0.0117. The third kappa shape index (κ3) is 2.99. The number of rotatable bonds is 5. The van der Waals surface area contributed by atoms with Gasteiger partial charge >= 0.3 is 0 Å². The Hall–Kier alpha value is -1.88. The molecule has 0 unspecified atom stereocenters. The fraction of sp³-hybridized carbons (Fsp3) is 0.467. The summed E-state index contributed by atoms with van der Waals surface area (Å²) in [6, 6.07) is 7.23. The fourth-order valence-electron chi connectivity index (χ4n) is 2.27. The van der Waals surface area contributed by atoms with Crippen LogP contribution in [0.3, 0.4) is 0 Å². The molecule has 0 saturated carbocycles. The monoisotopic (exact) mass is 275 g/mol. The van der Waals surface area contributed by atoms with Crippen molar-refractivity contribution in [1.29, 1.82) is 0 Å². The Balaban J connectivity index is 1.89. The van der Waals surface area contributed by atoms with E-state index in [1.807, 2.05) is 38.1 Å². The molecule has 2 rings (SSSR count). The van der Waals surface area contributed by atoms with Crippen molar-refractivity contribution < 1.29 is 9.59 Å². The zero-order chi connectivity index (χ0) is 14.7. The summed E-state index contributed by atoms with van der Waals surface area (Å²) >= 11 is 0. The van der Waals surface area contributed by atoms with Crippen molar-refractivity contribution >= 4 is 17.5 Å². The van der Waals surface area contributed by atoms with Crippen LogP contribution in [0.5, 0.6) is 0 Å². The van der Waals surface area contributed by atoms with Gasteiger partial charge in [-0.3, -0.25) is 9.59 Å². The maximum atomic E-state index is 11.9. The molecule has 1 atom stereocenters. The molecule has 20 heavy (non-hydrogen) atoms. The lowest BCUT2D eigenvalue weighted by atomic mass is 10.1. The van der Waals surface area contributed by atoms with Crippen LogP contribution in [0.1, 0.15) is 19.4 Å². The first-order valence-electron chi connectivity index (χ1n) is 6.92. The Morgan fingerprint density at radius 2 is 2.10 bits per heavy atom. The first-order valence-corrected chi connectivity index (χ1v) is 6.92. The molecule has 108 valence electrons. The van der Waals surface area contributed by atoms with Gasteiger partial charge in [0.15, 0.2) is 0 Å². The van der Waals surface area contributed by atoms with Gasteiger partial charge in [-0.1, -0.05) is 32.0 Å². The predicted octanol–water partition coefficient (Wildman–Crippen LogP) is 0.675. The standard InChI is InChI=1S/C15H21N3O2/c1-10(2)14(16)15(20)17-7-8-18-12-6-4-3-5-11(12)9-13(18)19/h3-6,10,14H,7-9,16H2,1-2H3,(H,17,20)/t14-/m0/s1. The van der Waals surface area contributed by atoms with E-state index in [2.05, 4.69) is 5.32 Å². The number of hydrogen-bond acceptors (Lipinski definition) is 3. The minimum atomic E-state index is -0.503. The zero-order valence-electron chi connectivity index (χ0n) is 11.9. The maximum Gasteiger partial charge on any atom is 0.237 e. The SMILES string of the molecule is CC(C)[C@H](N)C(=O)NCCN1C(=O)Cc2ccccc21. The Morgan fingerprint density at radius 1 is 1.40 bits per heavy atom. The minimum Gasteiger partial charge on any atom is -0.353 e. The number of nitrogens with zero attached hydrogens (tertiary/aromatic N) is 1. The third-order valence-electron chi connectivity index (χ3n) is 3.58. The number of fused-ring (bicyclic) bond motifs is 1. The molecule has 0 fully saturated rings. The summed E-state index contributed by atoms with van der Waals surface area (Å²) < 4.78 is 0. The number of amides is 2. The van der Waals surface area contributed by atoms with E-state index in [-0.39, 0.29) is 17.7 Å². The molecule has 1 aliphatic rings. The number of nitrogens with two attached hydrogens (primary N) is 1. The molecule has 0 aliphatic carbocycles. The third-order valence-corrected chi connectivity index (χ3v) is 3.58.